The van der Waals surface area contributed by atoms with Crippen LogP contribution in [0.1, 0.15) is 23.9 Å². The quantitative estimate of drug-likeness (QED) is 0.486. The number of fused-ring (bicyclic) bond motifs is 3. The maximum absolute atomic E-state index is 13.2. The maximum atomic E-state index is 13.2. The predicted octanol–water partition coefficient (Wildman–Crippen LogP) is 3.29. The van der Waals surface area contributed by atoms with Gasteiger partial charge in [0.2, 0.25) is 5.78 Å². The number of rotatable bonds is 3. The van der Waals surface area contributed by atoms with Gasteiger partial charge in [0.1, 0.15) is 0 Å². The second kappa shape index (κ2) is 6.49. The predicted molar refractivity (Wildman–Crippen MR) is 116 cm³/mol. The molecule has 0 amide bonds. The number of imidazole rings is 2. The van der Waals surface area contributed by atoms with E-state index < -0.39 is 5.69 Å². The van der Waals surface area contributed by atoms with Crippen LogP contribution in [-0.4, -0.2) is 23.1 Å². The Morgan fingerprint density at radius 3 is 2.48 bits per heavy atom. The lowest BCUT2D eigenvalue weighted by molar-refractivity contribution is 0.651. The number of aromatic nitrogens is 5. The van der Waals surface area contributed by atoms with Gasteiger partial charge in [0.15, 0.2) is 11.2 Å². The highest BCUT2D eigenvalue weighted by Crippen LogP contribution is 2.27. The summed E-state index contributed by atoms with van der Waals surface area (Å²) < 4.78 is 6.38. The summed E-state index contributed by atoms with van der Waals surface area (Å²) in [4.78, 5) is 30.7. The molecule has 0 unspecified atom stereocenters. The number of hydrogen-bond donors (Lipinski definition) is 0. The highest BCUT2D eigenvalue weighted by atomic mass is 35.5. The van der Waals surface area contributed by atoms with Gasteiger partial charge in [0.25, 0.3) is 5.56 Å². The van der Waals surface area contributed by atoms with Crippen LogP contribution in [-0.2, 0) is 13.6 Å². The summed E-state index contributed by atoms with van der Waals surface area (Å²) in [6.07, 6.45) is 0. The Bertz CT molecular complexity index is 1450. The van der Waals surface area contributed by atoms with Crippen LogP contribution in [0.15, 0.2) is 39.9 Å². The van der Waals surface area contributed by atoms with Crippen LogP contribution in [0.25, 0.3) is 22.6 Å². The van der Waals surface area contributed by atoms with E-state index in [4.69, 9.17) is 11.6 Å². The molecule has 0 radical (unpaired) electrons. The Morgan fingerprint density at radius 2 is 1.86 bits per heavy atom. The summed E-state index contributed by atoms with van der Waals surface area (Å²) in [6, 6.07) is 5.79. The first kappa shape index (κ1) is 19.3. The summed E-state index contributed by atoms with van der Waals surface area (Å²) in [5.41, 5.74) is 4.30. The second-order valence-corrected chi connectivity index (χ2v) is 7.96. The molecule has 0 bridgehead atoms. The van der Waals surface area contributed by atoms with Crippen molar-refractivity contribution < 1.29 is 0 Å². The van der Waals surface area contributed by atoms with Crippen LogP contribution in [0.3, 0.4) is 0 Å². The highest BCUT2D eigenvalue weighted by Gasteiger charge is 2.23. The summed E-state index contributed by atoms with van der Waals surface area (Å²) in [5.74, 6) is 0.565. The fraction of sp³-hybridized carbons (Fsp3) is 0.286. The molecule has 0 aliphatic rings. The van der Waals surface area contributed by atoms with E-state index in [0.29, 0.717) is 22.0 Å². The van der Waals surface area contributed by atoms with Crippen molar-refractivity contribution in [1.82, 2.24) is 23.1 Å². The Hall–Kier alpha value is -3.06. The van der Waals surface area contributed by atoms with E-state index in [1.165, 1.54) is 9.13 Å². The number of benzene rings is 1. The molecule has 29 heavy (non-hydrogen) atoms. The molecule has 0 saturated heterocycles. The van der Waals surface area contributed by atoms with Crippen LogP contribution >= 0.6 is 11.6 Å². The SMILES string of the molecule is C=C(C)Cn1c(=O)c2c(nc3n(-c4ccc(C)c(Cl)c4)c(C)c(C)n23)n(C)c1=O. The van der Waals surface area contributed by atoms with Crippen molar-refractivity contribution in [3.05, 3.63) is 73.2 Å². The van der Waals surface area contributed by atoms with Crippen molar-refractivity contribution in [2.45, 2.75) is 34.2 Å². The van der Waals surface area contributed by atoms with E-state index in [-0.39, 0.29) is 12.1 Å². The first-order valence-electron chi connectivity index (χ1n) is 9.24. The number of halogens is 1. The number of aryl methyl sites for hydroxylation is 3. The van der Waals surface area contributed by atoms with Gasteiger partial charge >= 0.3 is 5.69 Å². The lowest BCUT2D eigenvalue weighted by Crippen LogP contribution is -2.39. The minimum absolute atomic E-state index is 0.168. The molecule has 3 heterocycles. The monoisotopic (exact) mass is 411 g/mol. The van der Waals surface area contributed by atoms with Gasteiger partial charge in [-0.2, -0.15) is 4.98 Å². The molecule has 8 heteroatoms. The van der Waals surface area contributed by atoms with Crippen molar-refractivity contribution in [2.75, 3.05) is 0 Å². The van der Waals surface area contributed by atoms with Gasteiger partial charge in [-0.15, -0.1) is 0 Å². The van der Waals surface area contributed by atoms with Gasteiger partial charge < -0.3 is 0 Å². The average molecular weight is 412 g/mol. The summed E-state index contributed by atoms with van der Waals surface area (Å²) >= 11 is 6.35. The Labute approximate surface area is 172 Å². The fourth-order valence-corrected chi connectivity index (χ4v) is 3.86. The summed E-state index contributed by atoms with van der Waals surface area (Å²) in [7, 11) is 1.63. The van der Waals surface area contributed by atoms with Crippen LogP contribution in [0.4, 0.5) is 0 Å². The lowest BCUT2D eigenvalue weighted by atomic mass is 10.2. The van der Waals surface area contributed by atoms with Crippen LogP contribution in [0.2, 0.25) is 5.02 Å². The zero-order valence-electron chi connectivity index (χ0n) is 17.1. The molecule has 0 aliphatic carbocycles. The third kappa shape index (κ3) is 2.68. The van der Waals surface area contributed by atoms with Gasteiger partial charge in [-0.05, 0) is 45.4 Å². The van der Waals surface area contributed by atoms with Crippen molar-refractivity contribution in [3.8, 4) is 5.69 Å². The normalized spacial score (nSPS) is 11.7. The molecule has 4 aromatic rings. The molecule has 4 rings (SSSR count). The molecule has 1 aromatic carbocycles. The summed E-state index contributed by atoms with van der Waals surface area (Å²) in [5, 5.41) is 0.652. The number of nitrogens with zero attached hydrogens (tertiary/aromatic N) is 5. The second-order valence-electron chi connectivity index (χ2n) is 7.55. The zero-order valence-corrected chi connectivity index (χ0v) is 17.8. The third-order valence-corrected chi connectivity index (χ3v) is 5.77. The van der Waals surface area contributed by atoms with Gasteiger partial charge in [-0.1, -0.05) is 29.8 Å². The van der Waals surface area contributed by atoms with E-state index in [2.05, 4.69) is 11.6 Å². The van der Waals surface area contributed by atoms with E-state index in [0.717, 1.165) is 28.2 Å². The molecule has 0 N–H and O–H groups in total. The third-order valence-electron chi connectivity index (χ3n) is 5.36. The highest BCUT2D eigenvalue weighted by molar-refractivity contribution is 6.31. The first-order chi connectivity index (χ1) is 13.6. The minimum Gasteiger partial charge on any atom is -0.283 e. The molecule has 150 valence electrons. The van der Waals surface area contributed by atoms with Crippen molar-refractivity contribution in [1.29, 1.82) is 0 Å². The van der Waals surface area contributed by atoms with Crippen LogP contribution in [0, 0.1) is 20.8 Å². The fourth-order valence-electron chi connectivity index (χ4n) is 3.69. The summed E-state index contributed by atoms with van der Waals surface area (Å²) in [6.45, 7) is 11.6. The van der Waals surface area contributed by atoms with Crippen LogP contribution < -0.4 is 11.2 Å². The van der Waals surface area contributed by atoms with E-state index in [1.807, 2.05) is 47.9 Å². The largest absolute Gasteiger partial charge is 0.332 e. The molecule has 7 nitrogen and oxygen atoms in total. The van der Waals surface area contributed by atoms with Gasteiger partial charge in [-0.3, -0.25) is 22.9 Å². The van der Waals surface area contributed by atoms with Gasteiger partial charge in [0, 0.05) is 23.5 Å². The molecule has 0 aliphatic heterocycles. The van der Waals surface area contributed by atoms with E-state index in [9.17, 15) is 9.59 Å². The standard InChI is InChI=1S/C21H22ClN5O2/c1-11(2)10-25-19(28)17-18(24(6)21(25)29)23-20-26(13(4)14(5)27(17)20)15-8-7-12(3)16(22)9-15/h7-9H,1,10H2,2-6H3. The number of allylic oxidation sites excluding steroid dienone is 1. The van der Waals surface area contributed by atoms with E-state index >= 15 is 0 Å². The molecule has 0 spiro atoms. The Balaban J connectivity index is 2.18. The van der Waals surface area contributed by atoms with Crippen molar-refractivity contribution in [2.24, 2.45) is 7.05 Å². The van der Waals surface area contributed by atoms with E-state index in [1.54, 1.807) is 14.0 Å². The Kier molecular flexibility index (Phi) is 4.31. The maximum Gasteiger partial charge on any atom is 0.332 e. The molecule has 0 atom stereocenters. The average Bonchev–Trinajstić information content (AvgIpc) is 3.15. The van der Waals surface area contributed by atoms with Crippen LogP contribution in [0.5, 0.6) is 0 Å². The van der Waals surface area contributed by atoms with Crippen molar-refractivity contribution in [3.63, 3.8) is 0 Å². The van der Waals surface area contributed by atoms with Gasteiger partial charge in [-0.25, -0.2) is 4.79 Å². The molecule has 0 saturated carbocycles. The molecular weight excluding hydrogens is 390 g/mol. The topological polar surface area (TPSA) is 66.2 Å². The molecule has 0 fully saturated rings. The first-order valence-corrected chi connectivity index (χ1v) is 9.62. The molecular formula is C21H22ClN5O2. The Morgan fingerprint density at radius 1 is 1.17 bits per heavy atom. The number of hydrogen-bond acceptors (Lipinski definition) is 3. The smallest absolute Gasteiger partial charge is 0.283 e. The van der Waals surface area contributed by atoms with Crippen molar-refractivity contribution >= 4 is 28.5 Å². The lowest BCUT2D eigenvalue weighted by Gasteiger charge is -2.09. The minimum atomic E-state index is -0.412. The van der Waals surface area contributed by atoms with Gasteiger partial charge in [0.05, 0.1) is 12.2 Å². The zero-order chi connectivity index (χ0) is 21.2. The molecule has 3 aromatic heterocycles.